The Labute approximate surface area is 116 Å². The van der Waals surface area contributed by atoms with Crippen LogP contribution in [0.4, 0.5) is 0 Å². The fraction of sp³-hybridized carbons (Fsp3) is 0.333. The molecule has 0 saturated carbocycles. The van der Waals surface area contributed by atoms with E-state index >= 15 is 0 Å². The third kappa shape index (κ3) is 3.45. The van der Waals surface area contributed by atoms with Crippen molar-refractivity contribution in [2.24, 2.45) is 0 Å². The smallest absolute Gasteiger partial charge is 0.0300 e. The average Bonchev–Trinajstić information content (AvgIpc) is 2.44. The first kappa shape index (κ1) is 13.8. The highest BCUT2D eigenvalue weighted by atomic mass is 14.9. The van der Waals surface area contributed by atoms with Gasteiger partial charge in [-0.1, -0.05) is 48.5 Å². The lowest BCUT2D eigenvalue weighted by Crippen LogP contribution is -2.28. The zero-order chi connectivity index (χ0) is 13.7. The van der Waals surface area contributed by atoms with Gasteiger partial charge in [-0.15, -0.1) is 6.58 Å². The number of nitrogens with one attached hydrogen (secondary N) is 1. The Hall–Kier alpha value is -1.60. The summed E-state index contributed by atoms with van der Waals surface area (Å²) in [7, 11) is 0. The van der Waals surface area contributed by atoms with E-state index in [0.29, 0.717) is 12.1 Å². The molecule has 0 spiro atoms. The van der Waals surface area contributed by atoms with Crippen LogP contribution >= 0.6 is 0 Å². The number of fused-ring (bicyclic) bond motifs is 1. The Morgan fingerprint density at radius 2 is 1.84 bits per heavy atom. The number of allylic oxidation sites excluding steroid dienone is 1. The molecular weight excluding hydrogens is 230 g/mol. The standard InChI is InChI=1S/C18H23N/c1-4-5-9-14(2)19-15(3)17-13-8-11-16-10-6-7-12-18(16)17/h4,6-8,10-15,19H,1,5,9H2,2-3H3. The number of hydrogen-bond donors (Lipinski definition) is 1. The summed E-state index contributed by atoms with van der Waals surface area (Å²) >= 11 is 0. The van der Waals surface area contributed by atoms with Gasteiger partial charge in [0.1, 0.15) is 0 Å². The second kappa shape index (κ2) is 6.53. The van der Waals surface area contributed by atoms with E-state index in [-0.39, 0.29) is 0 Å². The van der Waals surface area contributed by atoms with Crippen LogP contribution in [0.3, 0.4) is 0 Å². The maximum Gasteiger partial charge on any atom is 0.0300 e. The second-order valence-electron chi connectivity index (χ2n) is 5.22. The first-order valence-corrected chi connectivity index (χ1v) is 7.07. The van der Waals surface area contributed by atoms with Crippen LogP contribution in [0, 0.1) is 0 Å². The molecule has 2 atom stereocenters. The average molecular weight is 253 g/mol. The molecule has 1 nitrogen and oxygen atoms in total. The minimum Gasteiger partial charge on any atom is -0.308 e. The van der Waals surface area contributed by atoms with Crippen molar-refractivity contribution in [3.63, 3.8) is 0 Å². The van der Waals surface area contributed by atoms with E-state index in [1.807, 2.05) is 6.08 Å². The van der Waals surface area contributed by atoms with Crippen LogP contribution in [-0.4, -0.2) is 6.04 Å². The highest BCUT2D eigenvalue weighted by Gasteiger charge is 2.11. The van der Waals surface area contributed by atoms with Gasteiger partial charge in [0.2, 0.25) is 0 Å². The molecule has 0 saturated heterocycles. The Morgan fingerprint density at radius 3 is 2.63 bits per heavy atom. The minimum atomic E-state index is 0.367. The van der Waals surface area contributed by atoms with Crippen molar-refractivity contribution < 1.29 is 0 Å². The van der Waals surface area contributed by atoms with E-state index in [4.69, 9.17) is 0 Å². The summed E-state index contributed by atoms with van der Waals surface area (Å²) in [6.45, 7) is 8.27. The van der Waals surface area contributed by atoms with Gasteiger partial charge in [-0.2, -0.15) is 0 Å². The normalized spacial score (nSPS) is 14.2. The molecule has 0 aliphatic heterocycles. The Balaban J connectivity index is 2.17. The zero-order valence-electron chi connectivity index (χ0n) is 11.9. The van der Waals surface area contributed by atoms with Crippen LogP contribution in [0.15, 0.2) is 55.1 Å². The van der Waals surface area contributed by atoms with E-state index < -0.39 is 0 Å². The van der Waals surface area contributed by atoms with Crippen LogP contribution in [-0.2, 0) is 0 Å². The quantitative estimate of drug-likeness (QED) is 0.726. The maximum absolute atomic E-state index is 3.78. The summed E-state index contributed by atoms with van der Waals surface area (Å²) in [5.74, 6) is 0. The minimum absolute atomic E-state index is 0.367. The maximum atomic E-state index is 3.78. The number of hydrogen-bond acceptors (Lipinski definition) is 1. The van der Waals surface area contributed by atoms with Gasteiger partial charge in [-0.25, -0.2) is 0 Å². The molecule has 1 N–H and O–H groups in total. The molecule has 0 aliphatic rings. The topological polar surface area (TPSA) is 12.0 Å². The molecule has 0 heterocycles. The van der Waals surface area contributed by atoms with Crippen LogP contribution in [0.25, 0.3) is 10.8 Å². The monoisotopic (exact) mass is 253 g/mol. The van der Waals surface area contributed by atoms with Crippen molar-refractivity contribution in [2.45, 2.75) is 38.8 Å². The van der Waals surface area contributed by atoms with Crippen LogP contribution in [0.5, 0.6) is 0 Å². The summed E-state index contributed by atoms with van der Waals surface area (Å²) in [5, 5.41) is 6.34. The highest BCUT2D eigenvalue weighted by molar-refractivity contribution is 5.86. The summed E-state index contributed by atoms with van der Waals surface area (Å²) < 4.78 is 0. The molecule has 0 aliphatic carbocycles. The highest BCUT2D eigenvalue weighted by Crippen LogP contribution is 2.24. The molecule has 0 aromatic heterocycles. The molecule has 2 aromatic carbocycles. The second-order valence-corrected chi connectivity index (χ2v) is 5.22. The molecule has 100 valence electrons. The number of rotatable bonds is 6. The lowest BCUT2D eigenvalue weighted by molar-refractivity contribution is 0.460. The first-order chi connectivity index (χ1) is 9.22. The molecule has 0 amide bonds. The fourth-order valence-corrected chi connectivity index (χ4v) is 2.60. The van der Waals surface area contributed by atoms with Gasteiger partial charge < -0.3 is 5.32 Å². The molecule has 0 bridgehead atoms. The van der Waals surface area contributed by atoms with Crippen molar-refractivity contribution in [3.8, 4) is 0 Å². The predicted molar refractivity (Wildman–Crippen MR) is 84.4 cm³/mol. The molecule has 2 unspecified atom stereocenters. The van der Waals surface area contributed by atoms with Gasteiger partial charge in [0.05, 0.1) is 0 Å². The molecule has 0 radical (unpaired) electrons. The van der Waals surface area contributed by atoms with Gasteiger partial charge in [0.25, 0.3) is 0 Å². The van der Waals surface area contributed by atoms with E-state index in [1.54, 1.807) is 0 Å². The van der Waals surface area contributed by atoms with Crippen LogP contribution in [0.1, 0.15) is 38.3 Å². The first-order valence-electron chi connectivity index (χ1n) is 7.07. The SMILES string of the molecule is C=CCCC(C)NC(C)c1cccc2ccccc12. The summed E-state index contributed by atoms with van der Waals surface area (Å²) in [5.41, 5.74) is 1.38. The van der Waals surface area contributed by atoms with Crippen molar-refractivity contribution >= 4 is 10.8 Å². The van der Waals surface area contributed by atoms with Gasteiger partial charge >= 0.3 is 0 Å². The Morgan fingerprint density at radius 1 is 1.11 bits per heavy atom. The number of benzene rings is 2. The molecule has 2 rings (SSSR count). The van der Waals surface area contributed by atoms with E-state index in [0.717, 1.165) is 12.8 Å². The fourth-order valence-electron chi connectivity index (χ4n) is 2.60. The van der Waals surface area contributed by atoms with Crippen LogP contribution < -0.4 is 5.32 Å². The van der Waals surface area contributed by atoms with Crippen molar-refractivity contribution in [1.29, 1.82) is 0 Å². The summed E-state index contributed by atoms with van der Waals surface area (Å²) in [6, 6.07) is 16.0. The van der Waals surface area contributed by atoms with Gasteiger partial charge in [-0.3, -0.25) is 0 Å². The van der Waals surface area contributed by atoms with Crippen LogP contribution in [0.2, 0.25) is 0 Å². The lowest BCUT2D eigenvalue weighted by Gasteiger charge is -2.21. The molecule has 19 heavy (non-hydrogen) atoms. The van der Waals surface area contributed by atoms with E-state index in [2.05, 4.69) is 68.2 Å². The molecule has 2 aromatic rings. The summed E-state index contributed by atoms with van der Waals surface area (Å²) in [4.78, 5) is 0. The molecular formula is C18H23N. The lowest BCUT2D eigenvalue weighted by atomic mass is 9.99. The van der Waals surface area contributed by atoms with E-state index in [1.165, 1.54) is 16.3 Å². The van der Waals surface area contributed by atoms with Crippen molar-refractivity contribution in [3.05, 3.63) is 60.7 Å². The zero-order valence-corrected chi connectivity index (χ0v) is 11.9. The van der Waals surface area contributed by atoms with Crippen molar-refractivity contribution in [1.82, 2.24) is 5.32 Å². The molecule has 1 heteroatoms. The third-order valence-corrected chi connectivity index (χ3v) is 3.63. The van der Waals surface area contributed by atoms with Crippen molar-refractivity contribution in [2.75, 3.05) is 0 Å². The summed E-state index contributed by atoms with van der Waals surface area (Å²) in [6.07, 6.45) is 4.19. The van der Waals surface area contributed by atoms with Gasteiger partial charge in [0.15, 0.2) is 0 Å². The Kier molecular flexibility index (Phi) is 4.75. The third-order valence-electron chi connectivity index (χ3n) is 3.63. The largest absolute Gasteiger partial charge is 0.308 e. The van der Waals surface area contributed by atoms with Gasteiger partial charge in [0, 0.05) is 12.1 Å². The Bertz CT molecular complexity index is 539. The molecule has 0 fully saturated rings. The van der Waals surface area contributed by atoms with Gasteiger partial charge in [-0.05, 0) is 43.0 Å². The predicted octanol–water partition coefficient (Wildman–Crippen LogP) is 4.85. The van der Waals surface area contributed by atoms with E-state index in [9.17, 15) is 0 Å².